The number of halogens is 4. The van der Waals surface area contributed by atoms with E-state index in [1.165, 1.54) is 18.2 Å². The Bertz CT molecular complexity index is 384. The molecule has 0 bridgehead atoms. The van der Waals surface area contributed by atoms with Crippen LogP contribution in [-0.4, -0.2) is 6.36 Å². The van der Waals surface area contributed by atoms with Crippen molar-refractivity contribution in [1.82, 2.24) is 0 Å². The molecule has 0 saturated heterocycles. The fourth-order valence-electron chi connectivity index (χ4n) is 1.23. The predicted octanol–water partition coefficient (Wildman–Crippen LogP) is 4.01. The Morgan fingerprint density at radius 3 is 2.50 bits per heavy atom. The molecule has 0 N–H and O–H groups in total. The summed E-state index contributed by atoms with van der Waals surface area (Å²) in [6.45, 7) is 5.05. The highest BCUT2D eigenvalue weighted by molar-refractivity contribution is 5.39. The van der Waals surface area contributed by atoms with Gasteiger partial charge in [0, 0.05) is 11.5 Å². The molecule has 5 heteroatoms. The molecule has 88 valence electrons. The molecule has 0 spiro atoms. The van der Waals surface area contributed by atoms with Crippen molar-refractivity contribution in [2.75, 3.05) is 0 Å². The molecule has 1 unspecified atom stereocenters. The molecule has 0 heterocycles. The lowest BCUT2D eigenvalue weighted by Crippen LogP contribution is -2.19. The molecule has 0 aliphatic carbocycles. The molecule has 1 nitrogen and oxygen atoms in total. The van der Waals surface area contributed by atoms with Crippen molar-refractivity contribution < 1.29 is 22.3 Å². The zero-order valence-electron chi connectivity index (χ0n) is 8.51. The molecule has 1 aromatic rings. The fraction of sp³-hybridized carbons (Fsp3) is 0.273. The van der Waals surface area contributed by atoms with E-state index >= 15 is 0 Å². The van der Waals surface area contributed by atoms with Crippen molar-refractivity contribution >= 4 is 0 Å². The minimum atomic E-state index is -4.90. The Labute approximate surface area is 90.3 Å². The first-order valence-electron chi connectivity index (χ1n) is 4.52. The maximum absolute atomic E-state index is 13.2. The van der Waals surface area contributed by atoms with Gasteiger partial charge in [0.1, 0.15) is 0 Å². The highest BCUT2D eigenvalue weighted by Crippen LogP contribution is 2.33. The van der Waals surface area contributed by atoms with Crippen LogP contribution in [0.1, 0.15) is 18.4 Å². The third kappa shape index (κ3) is 2.98. The molecular weight excluding hydrogens is 224 g/mol. The number of ether oxygens (including phenoxy) is 1. The Morgan fingerprint density at radius 2 is 2.00 bits per heavy atom. The number of hydrogen-bond acceptors (Lipinski definition) is 1. The minimum Gasteiger partial charge on any atom is -0.402 e. The van der Waals surface area contributed by atoms with E-state index in [2.05, 4.69) is 11.3 Å². The van der Waals surface area contributed by atoms with Gasteiger partial charge in [0.15, 0.2) is 11.6 Å². The lowest BCUT2D eigenvalue weighted by molar-refractivity contribution is -0.275. The molecule has 0 aliphatic heterocycles. The number of hydrogen-bond donors (Lipinski definition) is 0. The second-order valence-electron chi connectivity index (χ2n) is 3.23. The van der Waals surface area contributed by atoms with Crippen LogP contribution in [0.5, 0.6) is 5.75 Å². The zero-order chi connectivity index (χ0) is 12.3. The lowest BCUT2D eigenvalue weighted by atomic mass is 10.0. The van der Waals surface area contributed by atoms with Gasteiger partial charge in [-0.05, 0) is 6.07 Å². The first-order chi connectivity index (χ1) is 7.35. The van der Waals surface area contributed by atoms with E-state index in [4.69, 9.17) is 0 Å². The molecule has 1 atom stereocenters. The topological polar surface area (TPSA) is 9.23 Å². The standard InChI is InChI=1S/C11H10F4O/c1-3-7(2)8-5-4-6-9(12)10(8)16-11(13,14)15/h3-7H,1H2,2H3. The third-order valence-corrected chi connectivity index (χ3v) is 2.06. The van der Waals surface area contributed by atoms with Crippen molar-refractivity contribution in [2.24, 2.45) is 0 Å². The van der Waals surface area contributed by atoms with Crippen molar-refractivity contribution in [3.63, 3.8) is 0 Å². The van der Waals surface area contributed by atoms with Crippen LogP contribution in [0, 0.1) is 5.82 Å². The van der Waals surface area contributed by atoms with Gasteiger partial charge in [0.25, 0.3) is 0 Å². The van der Waals surface area contributed by atoms with E-state index in [0.717, 1.165) is 6.07 Å². The molecule has 0 saturated carbocycles. The van der Waals surface area contributed by atoms with Gasteiger partial charge in [-0.25, -0.2) is 4.39 Å². The number of benzene rings is 1. The van der Waals surface area contributed by atoms with Crippen molar-refractivity contribution in [3.05, 3.63) is 42.2 Å². The van der Waals surface area contributed by atoms with Crippen molar-refractivity contribution in [3.8, 4) is 5.75 Å². The average Bonchev–Trinajstić information content (AvgIpc) is 2.18. The second kappa shape index (κ2) is 4.55. The number of allylic oxidation sites excluding steroid dienone is 1. The highest BCUT2D eigenvalue weighted by atomic mass is 19.4. The number of para-hydroxylation sites is 1. The van der Waals surface area contributed by atoms with Crippen LogP contribution in [0.2, 0.25) is 0 Å². The quantitative estimate of drug-likeness (QED) is 0.567. The van der Waals surface area contributed by atoms with Gasteiger partial charge < -0.3 is 4.74 Å². The van der Waals surface area contributed by atoms with Gasteiger partial charge in [0.05, 0.1) is 0 Å². The van der Waals surface area contributed by atoms with Crippen LogP contribution >= 0.6 is 0 Å². The van der Waals surface area contributed by atoms with E-state index in [1.807, 2.05) is 0 Å². The van der Waals surface area contributed by atoms with Gasteiger partial charge in [-0.3, -0.25) is 0 Å². The highest BCUT2D eigenvalue weighted by Gasteiger charge is 2.33. The normalized spacial score (nSPS) is 13.3. The molecule has 0 aromatic heterocycles. The summed E-state index contributed by atoms with van der Waals surface area (Å²) in [7, 11) is 0. The van der Waals surface area contributed by atoms with Crippen LogP contribution in [0.3, 0.4) is 0 Å². The Morgan fingerprint density at radius 1 is 1.38 bits per heavy atom. The van der Waals surface area contributed by atoms with E-state index in [1.54, 1.807) is 6.92 Å². The molecule has 0 aliphatic rings. The van der Waals surface area contributed by atoms with E-state index in [9.17, 15) is 17.6 Å². The number of rotatable bonds is 3. The summed E-state index contributed by atoms with van der Waals surface area (Å²) in [5.41, 5.74) is 0.118. The van der Waals surface area contributed by atoms with Gasteiger partial charge >= 0.3 is 6.36 Å². The van der Waals surface area contributed by atoms with E-state index in [0.29, 0.717) is 0 Å². The average molecular weight is 234 g/mol. The monoisotopic (exact) mass is 234 g/mol. The summed E-state index contributed by atoms with van der Waals surface area (Å²) < 4.78 is 53.0. The van der Waals surface area contributed by atoms with Crippen molar-refractivity contribution in [2.45, 2.75) is 19.2 Å². The largest absolute Gasteiger partial charge is 0.573 e. The fourth-order valence-corrected chi connectivity index (χ4v) is 1.23. The lowest BCUT2D eigenvalue weighted by Gasteiger charge is -2.16. The van der Waals surface area contributed by atoms with Gasteiger partial charge in [-0.1, -0.05) is 25.1 Å². The predicted molar refractivity (Wildman–Crippen MR) is 51.7 cm³/mol. The van der Waals surface area contributed by atoms with Crippen molar-refractivity contribution in [1.29, 1.82) is 0 Å². The SMILES string of the molecule is C=CC(C)c1cccc(F)c1OC(F)(F)F. The Hall–Kier alpha value is -1.52. The summed E-state index contributed by atoms with van der Waals surface area (Å²) in [5.74, 6) is -2.25. The molecule has 16 heavy (non-hydrogen) atoms. The van der Waals surface area contributed by atoms with Crippen LogP contribution in [-0.2, 0) is 0 Å². The Kier molecular flexibility index (Phi) is 3.57. The van der Waals surface area contributed by atoms with Gasteiger partial charge in [0.2, 0.25) is 0 Å². The van der Waals surface area contributed by atoms with Gasteiger partial charge in [-0.15, -0.1) is 19.8 Å². The maximum atomic E-state index is 13.2. The summed E-state index contributed by atoms with van der Waals surface area (Å²) in [4.78, 5) is 0. The summed E-state index contributed by atoms with van der Waals surface area (Å²) in [6.07, 6.45) is -3.49. The molecule has 0 amide bonds. The molecular formula is C11H10F4O. The van der Waals surface area contributed by atoms with Crippen LogP contribution in [0.4, 0.5) is 17.6 Å². The van der Waals surface area contributed by atoms with E-state index in [-0.39, 0.29) is 5.56 Å². The second-order valence-corrected chi connectivity index (χ2v) is 3.23. The van der Waals surface area contributed by atoms with E-state index < -0.39 is 23.8 Å². The smallest absolute Gasteiger partial charge is 0.402 e. The van der Waals surface area contributed by atoms with Crippen LogP contribution < -0.4 is 4.74 Å². The number of alkyl halides is 3. The first kappa shape index (κ1) is 12.5. The first-order valence-corrected chi connectivity index (χ1v) is 4.52. The van der Waals surface area contributed by atoms with Gasteiger partial charge in [-0.2, -0.15) is 0 Å². The molecule has 0 radical (unpaired) electrons. The molecule has 0 fully saturated rings. The zero-order valence-corrected chi connectivity index (χ0v) is 8.51. The van der Waals surface area contributed by atoms with Crippen LogP contribution in [0.25, 0.3) is 0 Å². The summed E-state index contributed by atoms with van der Waals surface area (Å²) in [5, 5.41) is 0. The summed E-state index contributed by atoms with van der Waals surface area (Å²) in [6, 6.07) is 3.62. The minimum absolute atomic E-state index is 0.118. The van der Waals surface area contributed by atoms with Crippen LogP contribution in [0.15, 0.2) is 30.9 Å². The molecule has 1 aromatic carbocycles. The third-order valence-electron chi connectivity index (χ3n) is 2.06. The molecule has 1 rings (SSSR count). The summed E-state index contributed by atoms with van der Waals surface area (Å²) >= 11 is 0. The Balaban J connectivity index is 3.18. The maximum Gasteiger partial charge on any atom is 0.573 e.